The normalized spacial score (nSPS) is 18.1. The third-order valence-corrected chi connectivity index (χ3v) is 6.81. The van der Waals surface area contributed by atoms with Gasteiger partial charge in [0, 0.05) is 22.9 Å². The number of ketones is 1. The summed E-state index contributed by atoms with van der Waals surface area (Å²) in [4.78, 5) is 28.5. The number of hydrogen-bond donors (Lipinski definition) is 1. The third-order valence-electron chi connectivity index (χ3n) is 6.81. The van der Waals surface area contributed by atoms with Crippen molar-refractivity contribution in [3.8, 4) is 23.0 Å². The van der Waals surface area contributed by atoms with Gasteiger partial charge >= 0.3 is 0 Å². The summed E-state index contributed by atoms with van der Waals surface area (Å²) in [6, 6.07) is 16.5. The molecule has 8 heteroatoms. The van der Waals surface area contributed by atoms with Crippen LogP contribution >= 0.6 is 0 Å². The van der Waals surface area contributed by atoms with Gasteiger partial charge in [0.1, 0.15) is 30.5 Å². The fourth-order valence-electron chi connectivity index (χ4n) is 4.96. The molecule has 196 valence electrons. The van der Waals surface area contributed by atoms with Crippen LogP contribution < -0.4 is 23.8 Å². The lowest BCUT2D eigenvalue weighted by Gasteiger charge is -2.28. The topological polar surface area (TPSA) is 94.5 Å². The van der Waals surface area contributed by atoms with Gasteiger partial charge in [-0.25, -0.2) is 0 Å². The van der Waals surface area contributed by atoms with Crippen LogP contribution in [0.1, 0.15) is 42.5 Å². The van der Waals surface area contributed by atoms with Gasteiger partial charge in [-0.05, 0) is 47.9 Å². The van der Waals surface area contributed by atoms with Crippen LogP contribution in [0.5, 0.6) is 23.0 Å². The number of Topliss-reactive ketones (excluding diaryl/α,β-unsaturated/α-hetero) is 1. The van der Waals surface area contributed by atoms with E-state index in [4.69, 9.17) is 18.9 Å². The number of ether oxygens (including phenoxy) is 4. The summed E-state index contributed by atoms with van der Waals surface area (Å²) in [5.74, 6) is 0.453. The van der Waals surface area contributed by atoms with Crippen molar-refractivity contribution < 1.29 is 33.6 Å². The van der Waals surface area contributed by atoms with E-state index in [-0.39, 0.29) is 17.3 Å². The highest BCUT2D eigenvalue weighted by Crippen LogP contribution is 2.47. The van der Waals surface area contributed by atoms with E-state index in [0.717, 1.165) is 5.56 Å². The molecule has 0 spiro atoms. The van der Waals surface area contributed by atoms with E-state index in [1.807, 2.05) is 13.8 Å². The zero-order valence-corrected chi connectivity index (χ0v) is 21.7. The first-order valence-electron chi connectivity index (χ1n) is 12.4. The first kappa shape index (κ1) is 25.2. The van der Waals surface area contributed by atoms with Gasteiger partial charge in [-0.15, -0.1) is 0 Å². The Morgan fingerprint density at radius 2 is 1.63 bits per heavy atom. The number of aliphatic hydroxyl groups is 1. The Bertz CT molecular complexity index is 1440. The van der Waals surface area contributed by atoms with Crippen LogP contribution in [-0.4, -0.2) is 44.2 Å². The molecule has 8 nitrogen and oxygen atoms in total. The average molecular weight is 516 g/mol. The second-order valence-electron chi connectivity index (χ2n) is 9.35. The molecule has 2 aliphatic rings. The quantitative estimate of drug-likeness (QED) is 0.273. The molecule has 0 aromatic heterocycles. The summed E-state index contributed by atoms with van der Waals surface area (Å²) < 4.78 is 22.4. The van der Waals surface area contributed by atoms with E-state index in [2.05, 4.69) is 0 Å². The standard InChI is InChI=1S/C30H29NO7/c1-17(2)21-15-18(9-11-23(21)36-4)28(32)26-27(20-7-5-6-8-22(20)35-3)31(30(34)29(26)33)19-10-12-24-25(16-19)38-14-13-37-24/h5-12,15-17,27,32H,13-14H2,1-4H3/b28-26+. The van der Waals surface area contributed by atoms with Crippen molar-refractivity contribution >= 4 is 23.1 Å². The minimum absolute atomic E-state index is 0.0331. The number of benzene rings is 3. The predicted molar refractivity (Wildman–Crippen MR) is 142 cm³/mol. The summed E-state index contributed by atoms with van der Waals surface area (Å²) in [7, 11) is 3.11. The summed E-state index contributed by atoms with van der Waals surface area (Å²) in [6.45, 7) is 4.83. The number of hydrogen-bond acceptors (Lipinski definition) is 7. The van der Waals surface area contributed by atoms with E-state index >= 15 is 0 Å². The molecule has 0 aliphatic carbocycles. The first-order valence-corrected chi connectivity index (χ1v) is 12.4. The Balaban J connectivity index is 1.73. The van der Waals surface area contributed by atoms with Crippen molar-refractivity contribution in [1.82, 2.24) is 0 Å². The predicted octanol–water partition coefficient (Wildman–Crippen LogP) is 5.22. The Labute approximate surface area is 221 Å². The lowest BCUT2D eigenvalue weighted by Crippen LogP contribution is -2.30. The number of aliphatic hydroxyl groups excluding tert-OH is 1. The Kier molecular flexibility index (Phi) is 6.72. The highest BCUT2D eigenvalue weighted by molar-refractivity contribution is 6.51. The van der Waals surface area contributed by atoms with E-state index in [0.29, 0.717) is 53.0 Å². The second-order valence-corrected chi connectivity index (χ2v) is 9.35. The van der Waals surface area contributed by atoms with Gasteiger partial charge in [0.15, 0.2) is 11.5 Å². The monoisotopic (exact) mass is 515 g/mol. The molecule has 1 unspecified atom stereocenters. The zero-order chi connectivity index (χ0) is 27.0. The Morgan fingerprint density at radius 1 is 0.921 bits per heavy atom. The maximum Gasteiger partial charge on any atom is 0.300 e. The van der Waals surface area contributed by atoms with Gasteiger partial charge in [0.05, 0.1) is 25.8 Å². The number of anilines is 1. The van der Waals surface area contributed by atoms with Crippen molar-refractivity contribution in [2.75, 3.05) is 32.3 Å². The number of nitrogens with zero attached hydrogens (tertiary/aromatic N) is 1. The average Bonchev–Trinajstić information content (AvgIpc) is 3.21. The van der Waals surface area contributed by atoms with E-state index in [9.17, 15) is 14.7 Å². The van der Waals surface area contributed by atoms with Gasteiger partial charge in [-0.3, -0.25) is 14.5 Å². The van der Waals surface area contributed by atoms with Crippen LogP contribution in [-0.2, 0) is 9.59 Å². The molecular weight excluding hydrogens is 486 g/mol. The molecule has 1 atom stereocenters. The van der Waals surface area contributed by atoms with E-state index in [1.54, 1.807) is 67.8 Å². The van der Waals surface area contributed by atoms with Crippen LogP contribution in [0.15, 0.2) is 66.2 Å². The molecule has 1 fully saturated rings. The Hall–Kier alpha value is -4.46. The highest BCUT2D eigenvalue weighted by Gasteiger charge is 2.48. The summed E-state index contributed by atoms with van der Waals surface area (Å²) >= 11 is 0. The van der Waals surface area contributed by atoms with Gasteiger partial charge < -0.3 is 24.1 Å². The number of rotatable bonds is 6. The highest BCUT2D eigenvalue weighted by atomic mass is 16.6. The van der Waals surface area contributed by atoms with Crippen molar-refractivity contribution in [3.05, 3.63) is 82.9 Å². The number of carbonyl (C=O) groups excluding carboxylic acids is 2. The third kappa shape index (κ3) is 4.22. The van der Waals surface area contributed by atoms with Crippen LogP contribution in [0.4, 0.5) is 5.69 Å². The number of methoxy groups -OCH3 is 2. The molecule has 1 N–H and O–H groups in total. The molecule has 38 heavy (non-hydrogen) atoms. The molecule has 0 radical (unpaired) electrons. The van der Waals surface area contributed by atoms with Crippen LogP contribution in [0.3, 0.4) is 0 Å². The second kappa shape index (κ2) is 10.1. The molecule has 1 amide bonds. The molecule has 3 aromatic rings. The Morgan fingerprint density at radius 3 is 2.34 bits per heavy atom. The lowest BCUT2D eigenvalue weighted by molar-refractivity contribution is -0.132. The fraction of sp³-hybridized carbons (Fsp3) is 0.267. The smallest absolute Gasteiger partial charge is 0.300 e. The summed E-state index contributed by atoms with van der Waals surface area (Å²) in [5, 5.41) is 11.6. The van der Waals surface area contributed by atoms with Crippen molar-refractivity contribution in [3.63, 3.8) is 0 Å². The molecule has 2 heterocycles. The van der Waals surface area contributed by atoms with Gasteiger partial charge in [-0.1, -0.05) is 32.0 Å². The molecule has 5 rings (SSSR count). The minimum atomic E-state index is -0.946. The molecule has 0 bridgehead atoms. The largest absolute Gasteiger partial charge is 0.507 e. The van der Waals surface area contributed by atoms with Gasteiger partial charge in [0.2, 0.25) is 0 Å². The molecule has 1 saturated heterocycles. The zero-order valence-electron chi connectivity index (χ0n) is 21.7. The summed E-state index contributed by atoms with van der Waals surface area (Å²) in [6.07, 6.45) is 0. The number of para-hydroxylation sites is 1. The maximum absolute atomic E-state index is 13.6. The molecule has 3 aromatic carbocycles. The SMILES string of the molecule is COc1ccc(/C(O)=C2\C(=O)C(=O)N(c3ccc4c(c3)OCCO4)C2c2ccccc2OC)cc1C(C)C. The van der Waals surface area contributed by atoms with Crippen molar-refractivity contribution in [2.45, 2.75) is 25.8 Å². The molecular formula is C30H29NO7. The minimum Gasteiger partial charge on any atom is -0.507 e. The lowest BCUT2D eigenvalue weighted by atomic mass is 9.92. The number of amides is 1. The van der Waals surface area contributed by atoms with E-state index < -0.39 is 17.7 Å². The molecule has 2 aliphatic heterocycles. The van der Waals surface area contributed by atoms with Crippen LogP contribution in [0.25, 0.3) is 5.76 Å². The number of carbonyl (C=O) groups is 2. The van der Waals surface area contributed by atoms with Crippen molar-refractivity contribution in [1.29, 1.82) is 0 Å². The van der Waals surface area contributed by atoms with Crippen molar-refractivity contribution in [2.24, 2.45) is 0 Å². The molecule has 0 saturated carbocycles. The van der Waals surface area contributed by atoms with Gasteiger partial charge in [-0.2, -0.15) is 0 Å². The van der Waals surface area contributed by atoms with Gasteiger partial charge in [0.25, 0.3) is 11.7 Å². The fourth-order valence-corrected chi connectivity index (χ4v) is 4.96. The van der Waals surface area contributed by atoms with Crippen LogP contribution in [0, 0.1) is 0 Å². The number of fused-ring (bicyclic) bond motifs is 1. The first-order chi connectivity index (χ1) is 18.3. The summed E-state index contributed by atoms with van der Waals surface area (Å²) in [5.41, 5.74) is 2.24. The maximum atomic E-state index is 13.6. The van der Waals surface area contributed by atoms with E-state index in [1.165, 1.54) is 12.0 Å². The van der Waals surface area contributed by atoms with Crippen LogP contribution in [0.2, 0.25) is 0 Å².